The van der Waals surface area contributed by atoms with Crippen molar-refractivity contribution in [1.82, 2.24) is 9.80 Å². The van der Waals surface area contributed by atoms with Gasteiger partial charge in [-0.15, -0.1) is 0 Å². The van der Waals surface area contributed by atoms with E-state index in [1.807, 2.05) is 23.1 Å². The Hall–Kier alpha value is -3.42. The van der Waals surface area contributed by atoms with E-state index in [4.69, 9.17) is 18.9 Å². The van der Waals surface area contributed by atoms with Gasteiger partial charge in [0.25, 0.3) is 5.91 Å². The van der Waals surface area contributed by atoms with Gasteiger partial charge in [0.05, 0.1) is 19.8 Å². The molecule has 1 saturated heterocycles. The molecule has 168 valence electrons. The maximum absolute atomic E-state index is 13.1. The average molecular weight is 438 g/mol. The van der Waals surface area contributed by atoms with E-state index in [9.17, 15) is 9.59 Å². The highest BCUT2D eigenvalue weighted by atomic mass is 16.7. The molecule has 1 saturated carbocycles. The molecule has 8 heteroatoms. The second-order valence-electron chi connectivity index (χ2n) is 8.22. The van der Waals surface area contributed by atoms with Crippen LogP contribution in [0.15, 0.2) is 36.4 Å². The quantitative estimate of drug-likeness (QED) is 0.714. The van der Waals surface area contributed by atoms with E-state index in [0.717, 1.165) is 23.5 Å². The van der Waals surface area contributed by atoms with Crippen molar-refractivity contribution >= 4 is 11.8 Å². The first-order chi connectivity index (χ1) is 15.6. The summed E-state index contributed by atoms with van der Waals surface area (Å²) in [7, 11) is 3.07. The van der Waals surface area contributed by atoms with E-state index in [1.54, 1.807) is 30.2 Å². The molecule has 2 heterocycles. The van der Waals surface area contributed by atoms with Gasteiger partial charge in [-0.3, -0.25) is 9.59 Å². The molecule has 2 fully saturated rings. The molecule has 8 nitrogen and oxygen atoms in total. The fourth-order valence-electron chi connectivity index (χ4n) is 4.57. The number of methoxy groups -OCH3 is 2. The zero-order valence-corrected chi connectivity index (χ0v) is 18.2. The van der Waals surface area contributed by atoms with Gasteiger partial charge in [-0.1, -0.05) is 12.1 Å². The number of carbonyl (C=O) groups is 2. The van der Waals surface area contributed by atoms with Crippen LogP contribution < -0.4 is 18.9 Å². The Kier molecular flexibility index (Phi) is 5.28. The Morgan fingerprint density at radius 1 is 0.938 bits per heavy atom. The van der Waals surface area contributed by atoms with Gasteiger partial charge in [-0.2, -0.15) is 0 Å². The zero-order chi connectivity index (χ0) is 22.2. The molecule has 1 aliphatic carbocycles. The number of para-hydroxylation sites is 1. The number of rotatable bonds is 5. The summed E-state index contributed by atoms with van der Waals surface area (Å²) in [5.74, 6) is 2.73. The summed E-state index contributed by atoms with van der Waals surface area (Å²) < 4.78 is 21.5. The van der Waals surface area contributed by atoms with Gasteiger partial charge >= 0.3 is 0 Å². The smallest absolute Gasteiger partial charge is 0.257 e. The van der Waals surface area contributed by atoms with Crippen molar-refractivity contribution in [3.05, 3.63) is 47.5 Å². The van der Waals surface area contributed by atoms with Gasteiger partial charge in [0.2, 0.25) is 12.7 Å². The van der Waals surface area contributed by atoms with Crippen molar-refractivity contribution in [3.63, 3.8) is 0 Å². The van der Waals surface area contributed by atoms with E-state index < -0.39 is 0 Å². The molecule has 2 atom stereocenters. The van der Waals surface area contributed by atoms with E-state index in [2.05, 4.69) is 0 Å². The molecule has 0 N–H and O–H groups in total. The van der Waals surface area contributed by atoms with Crippen molar-refractivity contribution in [2.45, 2.75) is 12.3 Å². The molecule has 0 spiro atoms. The van der Waals surface area contributed by atoms with Crippen molar-refractivity contribution in [1.29, 1.82) is 0 Å². The number of nitrogens with zero attached hydrogens (tertiary/aromatic N) is 2. The van der Waals surface area contributed by atoms with Crippen LogP contribution in [0.2, 0.25) is 0 Å². The summed E-state index contributed by atoms with van der Waals surface area (Å²) in [5, 5.41) is 0. The molecular formula is C24H26N2O6. The minimum Gasteiger partial charge on any atom is -0.493 e. The van der Waals surface area contributed by atoms with E-state index >= 15 is 0 Å². The number of carbonyl (C=O) groups excluding carboxylic acids is 2. The number of amides is 2. The zero-order valence-electron chi connectivity index (χ0n) is 18.2. The van der Waals surface area contributed by atoms with Crippen molar-refractivity contribution < 1.29 is 28.5 Å². The van der Waals surface area contributed by atoms with Crippen LogP contribution in [0.25, 0.3) is 0 Å². The fraction of sp³-hybridized carbons (Fsp3) is 0.417. The number of hydrogen-bond donors (Lipinski definition) is 0. The summed E-state index contributed by atoms with van der Waals surface area (Å²) in [6.45, 7) is 2.29. The molecule has 2 amide bonds. The molecule has 0 bridgehead atoms. The van der Waals surface area contributed by atoms with Crippen LogP contribution in [0.1, 0.15) is 28.3 Å². The lowest BCUT2D eigenvalue weighted by Crippen LogP contribution is -2.51. The van der Waals surface area contributed by atoms with Crippen molar-refractivity contribution in [2.24, 2.45) is 5.92 Å². The Morgan fingerprint density at radius 2 is 1.69 bits per heavy atom. The lowest BCUT2D eigenvalue weighted by atomic mass is 10.1. The molecule has 0 radical (unpaired) electrons. The molecule has 2 aromatic rings. The van der Waals surface area contributed by atoms with Gasteiger partial charge in [0.15, 0.2) is 23.0 Å². The normalized spacial score (nSPS) is 21.3. The molecule has 5 rings (SSSR count). The number of piperazine rings is 1. The van der Waals surface area contributed by atoms with E-state index in [0.29, 0.717) is 43.2 Å². The van der Waals surface area contributed by atoms with Crippen molar-refractivity contribution in [3.8, 4) is 23.0 Å². The number of benzene rings is 2. The standard InChI is InChI=1S/C24H26N2O6/c1-29-20-5-3-4-16(22(20)30-2)23(27)25-8-10-26(11-9-25)24(28)18-13-17(18)15-6-7-19-21(12-15)32-14-31-19/h3-7,12,17-18H,8-11,13-14H2,1-2H3. The molecule has 0 aromatic heterocycles. The van der Waals surface area contributed by atoms with Crippen LogP contribution in [-0.2, 0) is 4.79 Å². The summed E-state index contributed by atoms with van der Waals surface area (Å²) in [4.78, 5) is 29.7. The molecule has 3 aliphatic rings. The Bertz CT molecular complexity index is 1050. The molecule has 2 aromatic carbocycles. The lowest BCUT2D eigenvalue weighted by Gasteiger charge is -2.35. The second-order valence-corrected chi connectivity index (χ2v) is 8.22. The van der Waals surface area contributed by atoms with Crippen LogP contribution in [0, 0.1) is 5.92 Å². The van der Waals surface area contributed by atoms with Crippen LogP contribution in [0.5, 0.6) is 23.0 Å². The van der Waals surface area contributed by atoms with Gasteiger partial charge in [-0.25, -0.2) is 0 Å². The number of fused-ring (bicyclic) bond motifs is 1. The largest absolute Gasteiger partial charge is 0.493 e. The predicted octanol–water partition coefficient (Wildman–Crippen LogP) is 2.52. The van der Waals surface area contributed by atoms with Crippen LogP contribution >= 0.6 is 0 Å². The molecule has 32 heavy (non-hydrogen) atoms. The third kappa shape index (κ3) is 3.59. The highest BCUT2D eigenvalue weighted by Gasteiger charge is 2.46. The number of hydrogen-bond acceptors (Lipinski definition) is 6. The highest BCUT2D eigenvalue weighted by molar-refractivity contribution is 5.98. The fourth-order valence-corrected chi connectivity index (χ4v) is 4.57. The van der Waals surface area contributed by atoms with Gasteiger partial charge in [0.1, 0.15) is 0 Å². The summed E-state index contributed by atoms with van der Waals surface area (Å²) in [5.41, 5.74) is 1.59. The minimum absolute atomic E-state index is 0.00361. The predicted molar refractivity (Wildman–Crippen MR) is 115 cm³/mol. The topological polar surface area (TPSA) is 77.5 Å². The first-order valence-corrected chi connectivity index (χ1v) is 10.8. The average Bonchev–Trinajstić information content (AvgIpc) is 3.51. The Labute approximate surface area is 186 Å². The van der Waals surface area contributed by atoms with Crippen molar-refractivity contribution in [2.75, 3.05) is 47.2 Å². The van der Waals surface area contributed by atoms with Gasteiger partial charge in [-0.05, 0) is 42.2 Å². The second kappa shape index (κ2) is 8.26. The maximum atomic E-state index is 13.1. The third-order valence-corrected chi connectivity index (χ3v) is 6.44. The highest BCUT2D eigenvalue weighted by Crippen LogP contribution is 2.50. The monoisotopic (exact) mass is 438 g/mol. The SMILES string of the molecule is COc1cccc(C(=O)N2CCN(C(=O)C3CC3c3ccc4c(c3)OCO4)CC2)c1OC. The minimum atomic E-state index is -0.113. The summed E-state index contributed by atoms with van der Waals surface area (Å²) >= 11 is 0. The van der Waals surface area contributed by atoms with Crippen LogP contribution in [0.3, 0.4) is 0 Å². The molecular weight excluding hydrogens is 412 g/mol. The first kappa shape index (κ1) is 20.5. The van der Waals surface area contributed by atoms with E-state index in [1.165, 1.54) is 7.11 Å². The maximum Gasteiger partial charge on any atom is 0.257 e. The molecule has 2 unspecified atom stereocenters. The van der Waals surface area contributed by atoms with Crippen LogP contribution in [0.4, 0.5) is 0 Å². The van der Waals surface area contributed by atoms with Crippen LogP contribution in [-0.4, -0.2) is 68.8 Å². The lowest BCUT2D eigenvalue weighted by molar-refractivity contribution is -0.134. The van der Waals surface area contributed by atoms with Gasteiger partial charge in [0, 0.05) is 32.1 Å². The summed E-state index contributed by atoms with van der Waals surface area (Å²) in [6.07, 6.45) is 0.846. The molecule has 2 aliphatic heterocycles. The Morgan fingerprint density at radius 3 is 2.44 bits per heavy atom. The van der Waals surface area contributed by atoms with E-state index in [-0.39, 0.29) is 30.4 Å². The summed E-state index contributed by atoms with van der Waals surface area (Å²) in [6, 6.07) is 11.2. The number of ether oxygens (including phenoxy) is 4. The first-order valence-electron chi connectivity index (χ1n) is 10.8. The third-order valence-electron chi connectivity index (χ3n) is 6.44. The van der Waals surface area contributed by atoms with Gasteiger partial charge < -0.3 is 28.7 Å². The Balaban J connectivity index is 1.19.